The number of hydrogen-bond donors (Lipinski definition) is 0. The highest BCUT2D eigenvalue weighted by molar-refractivity contribution is 5.89. The Morgan fingerprint density at radius 2 is 1.74 bits per heavy atom. The predicted molar refractivity (Wildman–Crippen MR) is 111 cm³/mol. The first-order valence-electron chi connectivity index (χ1n) is 9.73. The number of hydrogen-bond acceptors (Lipinski definition) is 8. The van der Waals surface area contributed by atoms with Gasteiger partial charge in [0.1, 0.15) is 11.3 Å². The summed E-state index contributed by atoms with van der Waals surface area (Å²) in [6.45, 7) is 1.87. The first kappa shape index (κ1) is 20.6. The second-order valence-electron chi connectivity index (χ2n) is 6.82. The minimum absolute atomic E-state index is 0.167. The number of methoxy groups -OCH3 is 3. The number of fused-ring (bicyclic) bond motifs is 3. The standard InChI is InChI=1S/C23H22O8/c1-5-29-23(25)21-16(13-10-11-15(26-2)20(28-4)19(13)27-3)17-18(31-21)12-8-6-7-9-14(12)30-22(17)24/h6-11,16,21H,5H2,1-4H3/t16-,21+/m1/s1. The third-order valence-corrected chi connectivity index (χ3v) is 5.25. The molecule has 0 spiro atoms. The van der Waals surface area contributed by atoms with E-state index in [1.54, 1.807) is 43.3 Å². The van der Waals surface area contributed by atoms with Crippen molar-refractivity contribution in [2.45, 2.75) is 18.9 Å². The molecule has 1 aliphatic heterocycles. The molecule has 3 aromatic rings. The van der Waals surface area contributed by atoms with Crippen molar-refractivity contribution in [3.8, 4) is 23.0 Å². The van der Waals surface area contributed by atoms with Crippen LogP contribution in [0.3, 0.4) is 0 Å². The lowest BCUT2D eigenvalue weighted by atomic mass is 9.87. The van der Waals surface area contributed by atoms with Gasteiger partial charge in [0, 0.05) is 5.56 Å². The van der Waals surface area contributed by atoms with Crippen molar-refractivity contribution in [1.82, 2.24) is 0 Å². The lowest BCUT2D eigenvalue weighted by molar-refractivity contribution is -0.151. The van der Waals surface area contributed by atoms with Gasteiger partial charge >= 0.3 is 11.6 Å². The molecule has 0 bridgehead atoms. The van der Waals surface area contributed by atoms with Crippen LogP contribution < -0.4 is 24.6 Å². The summed E-state index contributed by atoms with van der Waals surface area (Å²) in [5.74, 6) is -0.0187. The van der Waals surface area contributed by atoms with E-state index in [2.05, 4.69) is 0 Å². The average Bonchev–Trinajstić information content (AvgIpc) is 3.19. The zero-order chi connectivity index (χ0) is 22.1. The molecule has 0 N–H and O–H groups in total. The molecule has 2 atom stereocenters. The predicted octanol–water partition coefficient (Wildman–Crippen LogP) is 3.27. The van der Waals surface area contributed by atoms with Crippen LogP contribution in [0.1, 0.15) is 24.0 Å². The Morgan fingerprint density at radius 3 is 2.42 bits per heavy atom. The Balaban J connectivity index is 2.01. The van der Waals surface area contributed by atoms with Gasteiger partial charge in [0.15, 0.2) is 11.5 Å². The molecule has 0 unspecified atom stereocenters. The van der Waals surface area contributed by atoms with Gasteiger partial charge in [-0.25, -0.2) is 9.59 Å². The fraction of sp³-hybridized carbons (Fsp3) is 0.304. The maximum Gasteiger partial charge on any atom is 0.348 e. The van der Waals surface area contributed by atoms with Gasteiger partial charge < -0.3 is 28.1 Å². The van der Waals surface area contributed by atoms with E-state index in [-0.39, 0.29) is 12.2 Å². The van der Waals surface area contributed by atoms with Gasteiger partial charge in [-0.15, -0.1) is 0 Å². The van der Waals surface area contributed by atoms with Crippen LogP contribution in [0.5, 0.6) is 23.0 Å². The van der Waals surface area contributed by atoms with Crippen molar-refractivity contribution in [3.05, 3.63) is 57.9 Å². The smallest absolute Gasteiger partial charge is 0.348 e. The number of rotatable bonds is 6. The molecule has 162 valence electrons. The van der Waals surface area contributed by atoms with Gasteiger partial charge in [0.2, 0.25) is 11.9 Å². The van der Waals surface area contributed by atoms with Crippen molar-refractivity contribution >= 4 is 16.9 Å². The highest BCUT2D eigenvalue weighted by Gasteiger charge is 2.46. The summed E-state index contributed by atoms with van der Waals surface area (Å²) in [4.78, 5) is 25.9. The minimum Gasteiger partial charge on any atom is -0.493 e. The van der Waals surface area contributed by atoms with Crippen LogP contribution in [0.25, 0.3) is 11.0 Å². The third kappa shape index (κ3) is 3.24. The number of ether oxygens (including phenoxy) is 5. The van der Waals surface area contributed by atoms with E-state index in [9.17, 15) is 9.59 Å². The number of carbonyl (C=O) groups excluding carboxylic acids is 1. The van der Waals surface area contributed by atoms with Gasteiger partial charge in [-0.2, -0.15) is 0 Å². The molecule has 8 nitrogen and oxygen atoms in total. The van der Waals surface area contributed by atoms with Crippen LogP contribution in [0.4, 0.5) is 0 Å². The van der Waals surface area contributed by atoms with E-state index in [1.807, 2.05) is 0 Å². The van der Waals surface area contributed by atoms with Crippen LogP contribution in [-0.4, -0.2) is 40.0 Å². The van der Waals surface area contributed by atoms with E-state index >= 15 is 0 Å². The molecule has 0 saturated heterocycles. The largest absolute Gasteiger partial charge is 0.493 e. The van der Waals surface area contributed by atoms with Gasteiger partial charge in [-0.1, -0.05) is 18.2 Å². The van der Waals surface area contributed by atoms with Crippen LogP contribution in [0.15, 0.2) is 45.6 Å². The molecule has 0 amide bonds. The van der Waals surface area contributed by atoms with Crippen LogP contribution >= 0.6 is 0 Å². The molecular weight excluding hydrogens is 404 g/mol. The summed E-state index contributed by atoms with van der Waals surface area (Å²) in [7, 11) is 4.46. The Morgan fingerprint density at radius 1 is 1.00 bits per heavy atom. The maximum atomic E-state index is 13.0. The van der Waals surface area contributed by atoms with Crippen molar-refractivity contribution in [2.75, 3.05) is 27.9 Å². The number of esters is 1. The van der Waals surface area contributed by atoms with Gasteiger partial charge in [-0.3, -0.25) is 0 Å². The summed E-state index contributed by atoms with van der Waals surface area (Å²) in [5.41, 5.74) is 0.512. The summed E-state index contributed by atoms with van der Waals surface area (Å²) in [6.07, 6.45) is -1.10. The highest BCUT2D eigenvalue weighted by Crippen LogP contribution is 2.50. The normalized spacial score (nSPS) is 17.0. The SMILES string of the molecule is CCOC(=O)[C@H]1Oc2c(c(=O)oc3ccccc23)[C@H]1c1ccc(OC)c(OC)c1OC. The Bertz CT molecular complexity index is 1200. The molecule has 0 saturated carbocycles. The summed E-state index contributed by atoms with van der Waals surface area (Å²) in [5, 5.41) is 0.591. The number of para-hydroxylation sites is 1. The van der Waals surface area contributed by atoms with Gasteiger partial charge in [0.25, 0.3) is 0 Å². The van der Waals surface area contributed by atoms with Gasteiger partial charge in [0.05, 0.1) is 44.8 Å². The third-order valence-electron chi connectivity index (χ3n) is 5.25. The summed E-state index contributed by atoms with van der Waals surface area (Å²) < 4.78 is 33.3. The monoisotopic (exact) mass is 426 g/mol. The Labute approximate surface area is 178 Å². The summed E-state index contributed by atoms with van der Waals surface area (Å²) in [6, 6.07) is 10.4. The van der Waals surface area contributed by atoms with E-state index in [0.717, 1.165) is 0 Å². The Hall–Kier alpha value is -3.68. The lowest BCUT2D eigenvalue weighted by Gasteiger charge is -2.22. The molecule has 1 aliphatic rings. The van der Waals surface area contributed by atoms with Crippen molar-refractivity contribution in [3.63, 3.8) is 0 Å². The second kappa shape index (κ2) is 8.22. The zero-order valence-electron chi connectivity index (χ0n) is 17.6. The Kier molecular flexibility index (Phi) is 5.46. The van der Waals surface area contributed by atoms with E-state index in [4.69, 9.17) is 28.1 Å². The lowest BCUT2D eigenvalue weighted by Crippen LogP contribution is -2.32. The van der Waals surface area contributed by atoms with E-state index in [0.29, 0.717) is 39.5 Å². The van der Waals surface area contributed by atoms with Crippen LogP contribution in [-0.2, 0) is 9.53 Å². The molecule has 1 aromatic heterocycles. The van der Waals surface area contributed by atoms with Crippen molar-refractivity contribution < 1.29 is 32.9 Å². The van der Waals surface area contributed by atoms with Crippen LogP contribution in [0, 0.1) is 0 Å². The molecule has 0 radical (unpaired) electrons. The fourth-order valence-corrected chi connectivity index (χ4v) is 3.97. The van der Waals surface area contributed by atoms with E-state index in [1.165, 1.54) is 21.3 Å². The topological polar surface area (TPSA) is 93.4 Å². The van der Waals surface area contributed by atoms with Crippen molar-refractivity contribution in [1.29, 1.82) is 0 Å². The highest BCUT2D eigenvalue weighted by atomic mass is 16.6. The zero-order valence-corrected chi connectivity index (χ0v) is 17.6. The molecule has 2 aromatic carbocycles. The summed E-state index contributed by atoms with van der Waals surface area (Å²) >= 11 is 0. The van der Waals surface area contributed by atoms with Crippen LogP contribution in [0.2, 0.25) is 0 Å². The first-order valence-corrected chi connectivity index (χ1v) is 9.73. The first-order chi connectivity index (χ1) is 15.0. The molecule has 2 heterocycles. The quantitative estimate of drug-likeness (QED) is 0.438. The second-order valence-corrected chi connectivity index (χ2v) is 6.82. The number of carbonyl (C=O) groups is 1. The number of benzene rings is 2. The molecule has 0 aliphatic carbocycles. The minimum atomic E-state index is -1.10. The van der Waals surface area contributed by atoms with E-state index < -0.39 is 23.6 Å². The average molecular weight is 426 g/mol. The van der Waals surface area contributed by atoms with Crippen molar-refractivity contribution in [2.24, 2.45) is 0 Å². The molecule has 4 rings (SSSR count). The fourth-order valence-electron chi connectivity index (χ4n) is 3.97. The maximum absolute atomic E-state index is 13.0. The molecular formula is C23H22O8. The molecule has 8 heteroatoms. The molecule has 0 fully saturated rings. The molecule has 31 heavy (non-hydrogen) atoms. The van der Waals surface area contributed by atoms with Gasteiger partial charge in [-0.05, 0) is 25.1 Å².